The average molecular weight is 251 g/mol. The van der Waals surface area contributed by atoms with Gasteiger partial charge in [0.25, 0.3) is 0 Å². The Balaban J connectivity index is 2.04. The van der Waals surface area contributed by atoms with Crippen molar-refractivity contribution in [1.82, 2.24) is 9.97 Å². The summed E-state index contributed by atoms with van der Waals surface area (Å²) in [4.78, 5) is 8.25. The number of aromatic nitrogens is 2. The molecule has 5 nitrogen and oxygen atoms in total. The molecule has 1 aromatic rings. The molecular formula is C13H21N3O2. The standard InChI is InChI=1S/C13H21N3O2/c1-2-7-18-12-8-11(14-10-15-12)16-13(9-17)5-3-4-6-13/h8,10,17H,2-7,9H2,1H3,(H,14,15,16). The largest absolute Gasteiger partial charge is 0.478 e. The predicted octanol–water partition coefficient (Wildman–Crippen LogP) is 1.98. The molecular weight excluding hydrogens is 230 g/mol. The molecule has 0 aromatic carbocycles. The molecule has 1 aliphatic rings. The van der Waals surface area contributed by atoms with Crippen LogP contribution in [0, 0.1) is 0 Å². The van der Waals surface area contributed by atoms with Crippen LogP contribution in [0.4, 0.5) is 5.82 Å². The zero-order valence-corrected chi connectivity index (χ0v) is 10.9. The van der Waals surface area contributed by atoms with Crippen LogP contribution in [0.15, 0.2) is 12.4 Å². The second kappa shape index (κ2) is 6.00. The highest BCUT2D eigenvalue weighted by Gasteiger charge is 2.33. The summed E-state index contributed by atoms with van der Waals surface area (Å²) in [5.74, 6) is 1.31. The second-order valence-corrected chi connectivity index (χ2v) is 4.86. The SMILES string of the molecule is CCCOc1cc(NC2(CO)CCCC2)ncn1. The fourth-order valence-corrected chi connectivity index (χ4v) is 2.34. The van der Waals surface area contributed by atoms with Crippen molar-refractivity contribution in [3.63, 3.8) is 0 Å². The fraction of sp³-hybridized carbons (Fsp3) is 0.692. The smallest absolute Gasteiger partial charge is 0.218 e. The average Bonchev–Trinajstić information content (AvgIpc) is 2.86. The molecule has 2 rings (SSSR count). The molecule has 0 saturated heterocycles. The van der Waals surface area contributed by atoms with Crippen LogP contribution in [-0.2, 0) is 0 Å². The number of nitrogens with one attached hydrogen (secondary N) is 1. The van der Waals surface area contributed by atoms with Crippen LogP contribution in [0.2, 0.25) is 0 Å². The second-order valence-electron chi connectivity index (χ2n) is 4.86. The molecule has 0 spiro atoms. The minimum absolute atomic E-state index is 0.141. The van der Waals surface area contributed by atoms with Crippen molar-refractivity contribution in [3.05, 3.63) is 12.4 Å². The Labute approximate surface area is 108 Å². The molecule has 0 amide bonds. The first-order valence-electron chi connectivity index (χ1n) is 6.62. The van der Waals surface area contributed by atoms with Gasteiger partial charge in [-0.05, 0) is 19.3 Å². The molecule has 0 bridgehead atoms. The van der Waals surface area contributed by atoms with Crippen molar-refractivity contribution < 1.29 is 9.84 Å². The Morgan fingerprint density at radius 1 is 1.39 bits per heavy atom. The molecule has 0 atom stereocenters. The minimum atomic E-state index is -0.212. The topological polar surface area (TPSA) is 67.3 Å². The van der Waals surface area contributed by atoms with Gasteiger partial charge in [-0.3, -0.25) is 0 Å². The van der Waals surface area contributed by atoms with E-state index in [4.69, 9.17) is 4.74 Å². The number of hydrogen-bond donors (Lipinski definition) is 2. The third-order valence-corrected chi connectivity index (χ3v) is 3.35. The molecule has 1 fully saturated rings. The molecule has 1 heterocycles. The van der Waals surface area contributed by atoms with E-state index in [-0.39, 0.29) is 12.1 Å². The lowest BCUT2D eigenvalue weighted by Gasteiger charge is -2.28. The quantitative estimate of drug-likeness (QED) is 0.809. The lowest BCUT2D eigenvalue weighted by molar-refractivity contribution is 0.213. The maximum Gasteiger partial charge on any atom is 0.218 e. The van der Waals surface area contributed by atoms with Gasteiger partial charge in [-0.25, -0.2) is 9.97 Å². The van der Waals surface area contributed by atoms with Crippen molar-refractivity contribution in [3.8, 4) is 5.88 Å². The molecule has 18 heavy (non-hydrogen) atoms. The van der Waals surface area contributed by atoms with Crippen molar-refractivity contribution in [2.75, 3.05) is 18.5 Å². The number of aliphatic hydroxyl groups excluding tert-OH is 1. The molecule has 0 aliphatic heterocycles. The Morgan fingerprint density at radius 2 is 2.17 bits per heavy atom. The van der Waals surface area contributed by atoms with Crippen LogP contribution in [0.1, 0.15) is 39.0 Å². The molecule has 5 heteroatoms. The first-order chi connectivity index (χ1) is 8.78. The van der Waals surface area contributed by atoms with Crippen LogP contribution < -0.4 is 10.1 Å². The van der Waals surface area contributed by atoms with Gasteiger partial charge in [0.1, 0.15) is 12.1 Å². The third kappa shape index (κ3) is 3.10. The van der Waals surface area contributed by atoms with Gasteiger partial charge in [0.15, 0.2) is 0 Å². The van der Waals surface area contributed by atoms with E-state index >= 15 is 0 Å². The Morgan fingerprint density at radius 3 is 2.83 bits per heavy atom. The maximum absolute atomic E-state index is 9.55. The van der Waals surface area contributed by atoms with Crippen molar-refractivity contribution in [1.29, 1.82) is 0 Å². The first kappa shape index (κ1) is 13.1. The Kier molecular flexibility index (Phi) is 4.36. The lowest BCUT2D eigenvalue weighted by Crippen LogP contribution is -2.39. The summed E-state index contributed by atoms with van der Waals surface area (Å²) in [6.07, 6.45) is 6.72. The summed E-state index contributed by atoms with van der Waals surface area (Å²) in [6, 6.07) is 1.80. The van der Waals surface area contributed by atoms with Crippen molar-refractivity contribution in [2.24, 2.45) is 0 Å². The Bertz CT molecular complexity index is 378. The van der Waals surface area contributed by atoms with Crippen LogP contribution in [0.25, 0.3) is 0 Å². The van der Waals surface area contributed by atoms with Crippen LogP contribution in [0.3, 0.4) is 0 Å². The first-order valence-corrected chi connectivity index (χ1v) is 6.62. The van der Waals surface area contributed by atoms with Gasteiger partial charge < -0.3 is 15.2 Å². The van der Waals surface area contributed by atoms with Gasteiger partial charge in [0.05, 0.1) is 18.8 Å². The van der Waals surface area contributed by atoms with E-state index in [1.165, 1.54) is 6.33 Å². The fourth-order valence-electron chi connectivity index (χ4n) is 2.34. The van der Waals surface area contributed by atoms with E-state index in [2.05, 4.69) is 22.2 Å². The van der Waals surface area contributed by atoms with Crippen molar-refractivity contribution >= 4 is 5.82 Å². The predicted molar refractivity (Wildman–Crippen MR) is 69.7 cm³/mol. The number of anilines is 1. The van der Waals surface area contributed by atoms with Crippen LogP contribution in [-0.4, -0.2) is 33.8 Å². The third-order valence-electron chi connectivity index (χ3n) is 3.35. The molecule has 100 valence electrons. The number of ether oxygens (including phenoxy) is 1. The summed E-state index contributed by atoms with van der Waals surface area (Å²) in [5.41, 5.74) is -0.212. The zero-order chi connectivity index (χ0) is 12.8. The molecule has 2 N–H and O–H groups in total. The summed E-state index contributed by atoms with van der Waals surface area (Å²) in [7, 11) is 0. The summed E-state index contributed by atoms with van der Waals surface area (Å²) in [6.45, 7) is 2.85. The van der Waals surface area contributed by atoms with Gasteiger partial charge in [-0.2, -0.15) is 0 Å². The molecule has 0 unspecified atom stereocenters. The number of nitrogens with zero attached hydrogens (tertiary/aromatic N) is 2. The Hall–Kier alpha value is -1.36. The zero-order valence-electron chi connectivity index (χ0n) is 10.9. The number of hydrogen-bond acceptors (Lipinski definition) is 5. The summed E-state index contributed by atoms with van der Waals surface area (Å²) in [5, 5.41) is 12.9. The van der Waals surface area contributed by atoms with Gasteiger partial charge in [-0.15, -0.1) is 0 Å². The van der Waals surface area contributed by atoms with E-state index < -0.39 is 0 Å². The lowest BCUT2D eigenvalue weighted by atomic mass is 9.99. The summed E-state index contributed by atoms with van der Waals surface area (Å²) < 4.78 is 5.47. The van der Waals surface area contributed by atoms with Crippen LogP contribution in [0.5, 0.6) is 5.88 Å². The van der Waals surface area contributed by atoms with Crippen molar-refractivity contribution in [2.45, 2.75) is 44.6 Å². The minimum Gasteiger partial charge on any atom is -0.478 e. The monoisotopic (exact) mass is 251 g/mol. The molecule has 1 saturated carbocycles. The summed E-state index contributed by atoms with van der Waals surface area (Å²) >= 11 is 0. The molecule has 1 aromatic heterocycles. The highest BCUT2D eigenvalue weighted by Crippen LogP contribution is 2.32. The number of aliphatic hydroxyl groups is 1. The molecule has 1 aliphatic carbocycles. The van der Waals surface area contributed by atoms with Crippen LogP contribution >= 0.6 is 0 Å². The highest BCUT2D eigenvalue weighted by molar-refractivity contribution is 5.40. The number of rotatable bonds is 6. The van der Waals surface area contributed by atoms with E-state index in [0.29, 0.717) is 12.5 Å². The van der Waals surface area contributed by atoms with Gasteiger partial charge in [0.2, 0.25) is 5.88 Å². The van der Waals surface area contributed by atoms with Gasteiger partial charge in [-0.1, -0.05) is 19.8 Å². The normalized spacial score (nSPS) is 17.7. The van der Waals surface area contributed by atoms with E-state index in [0.717, 1.165) is 37.9 Å². The van der Waals surface area contributed by atoms with E-state index in [1.54, 1.807) is 6.07 Å². The van der Waals surface area contributed by atoms with E-state index in [9.17, 15) is 5.11 Å². The molecule has 0 radical (unpaired) electrons. The maximum atomic E-state index is 9.55. The highest BCUT2D eigenvalue weighted by atomic mass is 16.5. The van der Waals surface area contributed by atoms with E-state index in [1.807, 2.05) is 0 Å². The van der Waals surface area contributed by atoms with Gasteiger partial charge >= 0.3 is 0 Å². The van der Waals surface area contributed by atoms with Gasteiger partial charge in [0, 0.05) is 6.07 Å².